The summed E-state index contributed by atoms with van der Waals surface area (Å²) < 4.78 is 5.19. The van der Waals surface area contributed by atoms with Crippen LogP contribution in [0, 0.1) is 0 Å². The van der Waals surface area contributed by atoms with E-state index >= 15 is 0 Å². The fourth-order valence-corrected chi connectivity index (χ4v) is 4.62. The molecule has 4 atom stereocenters. The number of alkyl halides is 1. The number of urea groups is 1. The molecular formula is C18H23ClN4O4S. The summed E-state index contributed by atoms with van der Waals surface area (Å²) >= 11 is 7.53. The van der Waals surface area contributed by atoms with Crippen molar-refractivity contribution in [3.05, 3.63) is 29.3 Å². The molecule has 28 heavy (non-hydrogen) atoms. The third kappa shape index (κ3) is 4.89. The Bertz CT molecular complexity index is 778. The van der Waals surface area contributed by atoms with Crippen LogP contribution >= 0.6 is 23.4 Å². The van der Waals surface area contributed by atoms with Crippen molar-refractivity contribution < 1.29 is 19.1 Å². The maximum atomic E-state index is 12.8. The first-order valence-corrected chi connectivity index (χ1v) is 10.3. The van der Waals surface area contributed by atoms with Gasteiger partial charge in [0, 0.05) is 19.3 Å². The van der Waals surface area contributed by atoms with Gasteiger partial charge in [-0.2, -0.15) is 0 Å². The molecule has 0 aromatic heterocycles. The molecule has 152 valence electrons. The van der Waals surface area contributed by atoms with E-state index < -0.39 is 10.6 Å². The molecule has 2 heterocycles. The van der Waals surface area contributed by atoms with E-state index in [1.807, 2.05) is 25.1 Å². The third-order valence-corrected chi connectivity index (χ3v) is 6.57. The van der Waals surface area contributed by atoms with E-state index in [0.717, 1.165) is 16.8 Å². The SMILES string of the molecule is COC[C@H](SC1NC(=O)NCC1Cl)C(=O)N[C@@H](C)c1ccc2c(c1)CC(=O)N2. The Kier molecular flexibility index (Phi) is 6.69. The highest BCUT2D eigenvalue weighted by Crippen LogP contribution is 2.28. The summed E-state index contributed by atoms with van der Waals surface area (Å²) in [6, 6.07) is 5.11. The van der Waals surface area contributed by atoms with Crippen molar-refractivity contribution in [1.82, 2.24) is 16.0 Å². The first-order chi connectivity index (χ1) is 13.4. The molecule has 1 fully saturated rings. The summed E-state index contributed by atoms with van der Waals surface area (Å²) in [5, 5.41) is 9.86. The Hall–Kier alpha value is -1.97. The molecule has 8 nitrogen and oxygen atoms in total. The number of carbonyl (C=O) groups is 3. The van der Waals surface area contributed by atoms with E-state index in [4.69, 9.17) is 16.3 Å². The molecule has 0 saturated carbocycles. The molecule has 3 rings (SSSR count). The number of methoxy groups -OCH3 is 1. The number of anilines is 1. The lowest BCUT2D eigenvalue weighted by Gasteiger charge is -2.31. The average molecular weight is 427 g/mol. The van der Waals surface area contributed by atoms with Crippen molar-refractivity contribution >= 4 is 46.9 Å². The van der Waals surface area contributed by atoms with Gasteiger partial charge in [-0.3, -0.25) is 9.59 Å². The molecule has 0 spiro atoms. The molecule has 1 saturated heterocycles. The summed E-state index contributed by atoms with van der Waals surface area (Å²) in [5.41, 5.74) is 2.65. The standard InChI is InChI=1S/C18H23ClN4O4S/c1-9(10-3-4-13-11(5-10)6-15(24)22-13)21-16(25)14(8-27-2)28-17-12(19)7-20-18(26)23-17/h3-5,9,12,14,17H,6-8H2,1-2H3,(H,21,25)(H,22,24)(H2,20,23,26)/t9-,12?,14-,17?/m0/s1. The molecule has 10 heteroatoms. The van der Waals surface area contributed by atoms with Crippen molar-refractivity contribution in [3.8, 4) is 0 Å². The van der Waals surface area contributed by atoms with Crippen LogP contribution in [0.3, 0.4) is 0 Å². The second-order valence-corrected chi connectivity index (χ2v) is 8.65. The molecule has 2 unspecified atom stereocenters. The van der Waals surface area contributed by atoms with Crippen LogP contribution in [0.1, 0.15) is 24.1 Å². The van der Waals surface area contributed by atoms with Crippen LogP contribution in [0.5, 0.6) is 0 Å². The number of halogens is 1. The fourth-order valence-electron chi connectivity index (χ4n) is 3.10. The Morgan fingerprint density at radius 1 is 1.43 bits per heavy atom. The van der Waals surface area contributed by atoms with Crippen LogP contribution in [0.25, 0.3) is 0 Å². The van der Waals surface area contributed by atoms with Crippen molar-refractivity contribution in [3.63, 3.8) is 0 Å². The van der Waals surface area contributed by atoms with Gasteiger partial charge in [0.1, 0.15) is 5.25 Å². The zero-order valence-corrected chi connectivity index (χ0v) is 17.2. The number of amides is 4. The molecule has 0 bridgehead atoms. The predicted octanol–water partition coefficient (Wildman–Crippen LogP) is 1.35. The highest BCUT2D eigenvalue weighted by Gasteiger charge is 2.33. The Morgan fingerprint density at radius 3 is 2.96 bits per heavy atom. The number of benzene rings is 1. The zero-order chi connectivity index (χ0) is 20.3. The lowest BCUT2D eigenvalue weighted by molar-refractivity contribution is -0.122. The number of nitrogens with one attached hydrogen (secondary N) is 4. The van der Waals surface area contributed by atoms with Crippen molar-refractivity contribution in [2.45, 2.75) is 35.4 Å². The van der Waals surface area contributed by atoms with Gasteiger partial charge in [-0.25, -0.2) is 4.79 Å². The zero-order valence-electron chi connectivity index (χ0n) is 15.6. The van der Waals surface area contributed by atoms with Crippen LogP contribution in [0.15, 0.2) is 18.2 Å². The van der Waals surface area contributed by atoms with Crippen LogP contribution in [-0.2, 0) is 20.7 Å². The summed E-state index contributed by atoms with van der Waals surface area (Å²) in [6.07, 6.45) is 0.346. The van der Waals surface area contributed by atoms with Gasteiger partial charge in [0.15, 0.2) is 0 Å². The minimum absolute atomic E-state index is 0.0277. The molecule has 0 aliphatic carbocycles. The minimum Gasteiger partial charge on any atom is -0.383 e. The maximum absolute atomic E-state index is 12.8. The Morgan fingerprint density at radius 2 is 2.21 bits per heavy atom. The summed E-state index contributed by atoms with van der Waals surface area (Å²) in [7, 11) is 1.52. The van der Waals surface area contributed by atoms with E-state index in [0.29, 0.717) is 13.0 Å². The number of fused-ring (bicyclic) bond motifs is 1. The van der Waals surface area contributed by atoms with E-state index in [1.165, 1.54) is 18.9 Å². The second-order valence-electron chi connectivity index (χ2n) is 6.74. The largest absolute Gasteiger partial charge is 0.383 e. The number of carbonyl (C=O) groups excluding carboxylic acids is 3. The van der Waals surface area contributed by atoms with Gasteiger partial charge in [-0.1, -0.05) is 12.1 Å². The highest BCUT2D eigenvalue weighted by molar-refractivity contribution is 8.01. The maximum Gasteiger partial charge on any atom is 0.315 e. The van der Waals surface area contributed by atoms with Gasteiger partial charge in [-0.15, -0.1) is 23.4 Å². The Balaban J connectivity index is 1.64. The van der Waals surface area contributed by atoms with Gasteiger partial charge in [0.2, 0.25) is 11.8 Å². The summed E-state index contributed by atoms with van der Waals surface area (Å²) in [4.78, 5) is 35.9. The van der Waals surface area contributed by atoms with Crippen molar-refractivity contribution in [1.29, 1.82) is 0 Å². The van der Waals surface area contributed by atoms with Crippen LogP contribution < -0.4 is 21.3 Å². The minimum atomic E-state index is -0.533. The first kappa shape index (κ1) is 20.8. The molecule has 0 radical (unpaired) electrons. The second kappa shape index (κ2) is 9.02. The van der Waals surface area contributed by atoms with Gasteiger partial charge >= 0.3 is 6.03 Å². The monoisotopic (exact) mass is 426 g/mol. The van der Waals surface area contributed by atoms with Crippen LogP contribution in [0.2, 0.25) is 0 Å². The number of thioether (sulfide) groups is 1. The van der Waals surface area contributed by atoms with Gasteiger partial charge < -0.3 is 26.0 Å². The lowest BCUT2D eigenvalue weighted by Crippen LogP contribution is -2.55. The topological polar surface area (TPSA) is 109 Å². The van der Waals surface area contributed by atoms with E-state index in [-0.39, 0.29) is 35.9 Å². The van der Waals surface area contributed by atoms with E-state index in [9.17, 15) is 14.4 Å². The predicted molar refractivity (Wildman–Crippen MR) is 109 cm³/mol. The highest BCUT2D eigenvalue weighted by atomic mass is 35.5. The fraction of sp³-hybridized carbons (Fsp3) is 0.500. The number of hydrogen-bond donors (Lipinski definition) is 4. The lowest BCUT2D eigenvalue weighted by atomic mass is 10.0. The molecule has 4 N–H and O–H groups in total. The quantitative estimate of drug-likeness (QED) is 0.492. The molecule has 1 aromatic carbocycles. The van der Waals surface area contributed by atoms with Crippen molar-refractivity contribution in [2.24, 2.45) is 0 Å². The van der Waals surface area contributed by atoms with E-state index in [1.54, 1.807) is 0 Å². The van der Waals surface area contributed by atoms with Gasteiger partial charge in [-0.05, 0) is 24.1 Å². The summed E-state index contributed by atoms with van der Waals surface area (Å²) in [6.45, 7) is 2.41. The van der Waals surface area contributed by atoms with Crippen LogP contribution in [-0.4, -0.2) is 54.1 Å². The molecule has 2 aliphatic rings. The van der Waals surface area contributed by atoms with Gasteiger partial charge in [0.25, 0.3) is 0 Å². The molecule has 4 amide bonds. The average Bonchev–Trinajstić information content (AvgIpc) is 3.03. The number of rotatable bonds is 7. The normalized spacial score (nSPS) is 23.1. The van der Waals surface area contributed by atoms with Crippen LogP contribution in [0.4, 0.5) is 10.5 Å². The van der Waals surface area contributed by atoms with Crippen molar-refractivity contribution in [2.75, 3.05) is 25.6 Å². The van der Waals surface area contributed by atoms with E-state index in [2.05, 4.69) is 21.3 Å². The van der Waals surface area contributed by atoms with Gasteiger partial charge in [0.05, 0.1) is 29.8 Å². The molecule has 1 aromatic rings. The molecule has 2 aliphatic heterocycles. The Labute approximate surface area is 172 Å². The first-order valence-electron chi connectivity index (χ1n) is 8.93. The number of hydrogen-bond acceptors (Lipinski definition) is 5. The smallest absolute Gasteiger partial charge is 0.315 e. The summed E-state index contributed by atoms with van der Waals surface area (Å²) in [5.74, 6) is -0.231. The third-order valence-electron chi connectivity index (χ3n) is 4.59. The number of ether oxygens (including phenoxy) is 1. The molecular weight excluding hydrogens is 404 g/mol.